The van der Waals surface area contributed by atoms with Gasteiger partial charge in [0.1, 0.15) is 11.5 Å². The van der Waals surface area contributed by atoms with Crippen LogP contribution >= 0.6 is 0 Å². The Morgan fingerprint density at radius 3 is 2.78 bits per heavy atom. The molecule has 1 aromatic carbocycles. The molecule has 0 N–H and O–H groups in total. The Morgan fingerprint density at radius 1 is 1.07 bits per heavy atom. The fourth-order valence-electron chi connectivity index (χ4n) is 6.42. The number of aryl methyl sites for hydroxylation is 1. The summed E-state index contributed by atoms with van der Waals surface area (Å²) in [7, 11) is 0. The Hall–Kier alpha value is -3.59. The summed E-state index contributed by atoms with van der Waals surface area (Å²) in [6.07, 6.45) is 10.5. The summed E-state index contributed by atoms with van der Waals surface area (Å²) in [6, 6.07) is 11.4. The fraction of sp³-hybridized carbons (Fsp3) is 0.531. The molecule has 0 radical (unpaired) electrons. The number of carbonyl (C=O) groups is 2. The predicted octanol–water partition coefficient (Wildman–Crippen LogP) is 4.94. The van der Waals surface area contributed by atoms with Gasteiger partial charge >= 0.3 is 0 Å². The summed E-state index contributed by atoms with van der Waals surface area (Å²) in [4.78, 5) is 30.5. The molecule has 5 heterocycles. The van der Waals surface area contributed by atoms with Gasteiger partial charge in [-0.25, -0.2) is 0 Å². The van der Waals surface area contributed by atoms with Gasteiger partial charge in [0.05, 0.1) is 32.0 Å². The van der Waals surface area contributed by atoms with Gasteiger partial charge in [0.2, 0.25) is 0 Å². The summed E-state index contributed by atoms with van der Waals surface area (Å²) in [5.74, 6) is 1.80. The van der Waals surface area contributed by atoms with Crippen molar-refractivity contribution in [2.24, 2.45) is 5.41 Å². The van der Waals surface area contributed by atoms with Gasteiger partial charge in [0, 0.05) is 43.4 Å². The number of aromatic nitrogens is 2. The monoisotopic (exact) mass is 560 g/mol. The highest BCUT2D eigenvalue weighted by molar-refractivity contribution is 5.95. The van der Waals surface area contributed by atoms with E-state index in [2.05, 4.69) is 5.10 Å². The molecule has 6 rings (SSSR count). The van der Waals surface area contributed by atoms with E-state index in [1.54, 1.807) is 12.3 Å². The highest BCUT2D eigenvalue weighted by atomic mass is 16.5. The summed E-state index contributed by atoms with van der Waals surface area (Å²) in [5.41, 5.74) is 1.71. The molecule has 2 bridgehead atoms. The molecular weight excluding hydrogens is 520 g/mol. The number of piperidine rings is 1. The minimum absolute atomic E-state index is 0.0384. The van der Waals surface area contributed by atoms with Crippen LogP contribution in [0.1, 0.15) is 77.2 Å². The van der Waals surface area contributed by atoms with Crippen LogP contribution in [0, 0.1) is 12.3 Å². The first-order chi connectivity index (χ1) is 20.0. The Bertz CT molecular complexity index is 1360. The number of nitrogens with zero attached hydrogens (tertiary/aromatic N) is 4. The van der Waals surface area contributed by atoms with Crippen molar-refractivity contribution in [2.45, 2.75) is 64.5 Å². The van der Waals surface area contributed by atoms with E-state index in [4.69, 9.17) is 13.9 Å². The molecule has 41 heavy (non-hydrogen) atoms. The Kier molecular flexibility index (Phi) is 8.14. The van der Waals surface area contributed by atoms with E-state index in [9.17, 15) is 9.59 Å². The Labute approximate surface area is 241 Å². The maximum Gasteiger partial charge on any atom is 0.289 e. The lowest BCUT2D eigenvalue weighted by Crippen LogP contribution is -2.45. The lowest BCUT2D eigenvalue weighted by Gasteiger charge is -2.41. The third-order valence-corrected chi connectivity index (χ3v) is 8.88. The molecule has 2 amide bonds. The summed E-state index contributed by atoms with van der Waals surface area (Å²) >= 11 is 0. The van der Waals surface area contributed by atoms with Crippen molar-refractivity contribution in [3.63, 3.8) is 0 Å². The van der Waals surface area contributed by atoms with Crippen LogP contribution in [0.3, 0.4) is 0 Å². The average molecular weight is 561 g/mol. The second-order valence-electron chi connectivity index (χ2n) is 11.9. The lowest BCUT2D eigenvalue weighted by molar-refractivity contribution is 0.0315. The van der Waals surface area contributed by atoms with E-state index < -0.39 is 0 Å². The molecular formula is C32H40N4O5. The lowest BCUT2D eigenvalue weighted by atomic mass is 9.75. The minimum atomic E-state index is -0.0685. The number of benzene rings is 1. The average Bonchev–Trinajstić information content (AvgIpc) is 3.75. The van der Waals surface area contributed by atoms with E-state index in [1.165, 1.54) is 0 Å². The molecule has 218 valence electrons. The first-order valence-corrected chi connectivity index (χ1v) is 15.0. The third-order valence-electron chi connectivity index (χ3n) is 8.88. The van der Waals surface area contributed by atoms with Crippen molar-refractivity contribution >= 4 is 11.8 Å². The van der Waals surface area contributed by atoms with Gasteiger partial charge in [0.15, 0.2) is 5.76 Å². The molecule has 1 atom stereocenters. The van der Waals surface area contributed by atoms with Crippen LogP contribution in [0.4, 0.5) is 0 Å². The fourth-order valence-corrected chi connectivity index (χ4v) is 6.42. The molecule has 0 saturated carbocycles. The van der Waals surface area contributed by atoms with Crippen molar-refractivity contribution in [2.75, 3.05) is 39.5 Å². The molecule has 0 unspecified atom stereocenters. The van der Waals surface area contributed by atoms with Crippen molar-refractivity contribution in [3.8, 4) is 5.75 Å². The van der Waals surface area contributed by atoms with Crippen LogP contribution in [0.15, 0.2) is 53.2 Å². The molecule has 2 saturated heterocycles. The maximum atomic E-state index is 13.3. The Balaban J connectivity index is 1.11. The highest BCUT2D eigenvalue weighted by Gasteiger charge is 2.37. The number of likely N-dealkylation sites (tertiary alicyclic amines) is 1. The third kappa shape index (κ3) is 6.35. The van der Waals surface area contributed by atoms with Crippen molar-refractivity contribution in [1.29, 1.82) is 0 Å². The first-order valence-electron chi connectivity index (χ1n) is 15.0. The quantitative estimate of drug-likeness (QED) is 0.451. The van der Waals surface area contributed by atoms with Crippen LogP contribution in [0.25, 0.3) is 0 Å². The van der Waals surface area contributed by atoms with E-state index in [0.717, 1.165) is 62.8 Å². The SMILES string of the molecule is Cc1cnn(Cc2ccc(C(=O)N3CCC4(CCCCOC[C@@H]5CCCN5C(=O)c5cccc(c5)OC4)CC3)o2)c1. The summed E-state index contributed by atoms with van der Waals surface area (Å²) in [6.45, 7) is 6.44. The predicted molar refractivity (Wildman–Crippen MR) is 153 cm³/mol. The number of ether oxygens (including phenoxy) is 2. The first kappa shape index (κ1) is 27.6. The second kappa shape index (κ2) is 12.1. The molecule has 3 aromatic rings. The van der Waals surface area contributed by atoms with E-state index >= 15 is 0 Å². The van der Waals surface area contributed by atoms with E-state index in [-0.39, 0.29) is 23.3 Å². The van der Waals surface area contributed by atoms with Crippen LogP contribution < -0.4 is 4.74 Å². The van der Waals surface area contributed by atoms with Crippen LogP contribution in [0.2, 0.25) is 0 Å². The molecule has 2 aromatic heterocycles. The number of amides is 2. The molecule has 1 spiro atoms. The zero-order valence-electron chi connectivity index (χ0n) is 23.9. The van der Waals surface area contributed by atoms with Gasteiger partial charge in [0.25, 0.3) is 11.8 Å². The largest absolute Gasteiger partial charge is 0.493 e. The normalized spacial score (nSPS) is 21.7. The summed E-state index contributed by atoms with van der Waals surface area (Å²) in [5, 5.41) is 4.30. The molecule has 3 aliphatic rings. The summed E-state index contributed by atoms with van der Waals surface area (Å²) < 4.78 is 20.2. The topological polar surface area (TPSA) is 90.0 Å². The van der Waals surface area contributed by atoms with Crippen LogP contribution in [-0.4, -0.2) is 76.9 Å². The standard InChI is InChI=1S/C32H40N4O5/c1-24-19-33-35(20-24)21-28-9-10-29(41-28)31(38)34-15-12-32(13-16-34)11-2-3-17-39-22-26-7-5-14-36(26)30(37)25-6-4-8-27(18-25)40-23-32/h4,6,8-10,18-20,26H,2-3,5,7,11-17,21-23H2,1H3/t26-/m0/s1. The molecule has 9 nitrogen and oxygen atoms in total. The number of hydrogen-bond donors (Lipinski definition) is 0. The zero-order chi connectivity index (χ0) is 28.2. The highest BCUT2D eigenvalue weighted by Crippen LogP contribution is 2.38. The number of rotatable bonds is 3. The van der Waals surface area contributed by atoms with Crippen molar-refractivity contribution in [3.05, 3.63) is 71.4 Å². The van der Waals surface area contributed by atoms with Gasteiger partial charge < -0.3 is 23.7 Å². The maximum absolute atomic E-state index is 13.3. The molecule has 2 fully saturated rings. The number of fused-ring (bicyclic) bond motifs is 3. The van der Waals surface area contributed by atoms with Gasteiger partial charge in [-0.3, -0.25) is 14.3 Å². The molecule has 0 aliphatic carbocycles. The van der Waals surface area contributed by atoms with E-state index in [1.807, 2.05) is 57.9 Å². The number of furan rings is 1. The smallest absolute Gasteiger partial charge is 0.289 e. The zero-order valence-corrected chi connectivity index (χ0v) is 23.9. The molecule has 3 aliphatic heterocycles. The van der Waals surface area contributed by atoms with Gasteiger partial charge in [-0.15, -0.1) is 0 Å². The van der Waals surface area contributed by atoms with Gasteiger partial charge in [-0.05, 0) is 81.3 Å². The molecule has 9 heteroatoms. The van der Waals surface area contributed by atoms with Gasteiger partial charge in [-0.1, -0.05) is 12.5 Å². The van der Waals surface area contributed by atoms with Crippen LogP contribution in [0.5, 0.6) is 5.75 Å². The van der Waals surface area contributed by atoms with Crippen molar-refractivity contribution in [1.82, 2.24) is 19.6 Å². The number of hydrogen-bond acceptors (Lipinski definition) is 6. The van der Waals surface area contributed by atoms with Crippen molar-refractivity contribution < 1.29 is 23.5 Å². The minimum Gasteiger partial charge on any atom is -0.493 e. The van der Waals surface area contributed by atoms with E-state index in [0.29, 0.717) is 56.5 Å². The number of carbonyl (C=O) groups excluding carboxylic acids is 2. The van der Waals surface area contributed by atoms with Crippen LogP contribution in [-0.2, 0) is 11.3 Å². The Morgan fingerprint density at radius 2 is 1.95 bits per heavy atom. The van der Waals surface area contributed by atoms with Gasteiger partial charge in [-0.2, -0.15) is 5.10 Å². The second-order valence-corrected chi connectivity index (χ2v) is 11.9.